The summed E-state index contributed by atoms with van der Waals surface area (Å²) in [7, 11) is 3.08. The summed E-state index contributed by atoms with van der Waals surface area (Å²) in [6.07, 6.45) is 3.02. The fourth-order valence-corrected chi connectivity index (χ4v) is 2.70. The van der Waals surface area contributed by atoms with E-state index in [0.29, 0.717) is 22.1 Å². The molecule has 2 aromatic rings. The Morgan fingerprint density at radius 3 is 2.52 bits per heavy atom. The summed E-state index contributed by atoms with van der Waals surface area (Å²) in [5.74, 6) is 0.944. The third-order valence-corrected chi connectivity index (χ3v) is 3.96. The fraction of sp³-hybridized carbons (Fsp3) is 0.118. The Kier molecular flexibility index (Phi) is 6.07. The summed E-state index contributed by atoms with van der Waals surface area (Å²) < 4.78 is 11.2. The quantitative estimate of drug-likeness (QED) is 0.555. The lowest BCUT2D eigenvalue weighted by molar-refractivity contribution is 0.104. The minimum Gasteiger partial charge on any atom is -0.493 e. The Hall–Kier alpha value is -1.98. The average molecular weight is 397 g/mol. The molecule has 0 saturated heterocycles. The van der Waals surface area contributed by atoms with Crippen LogP contribution in [0.4, 0.5) is 5.69 Å². The number of halogens is 2. The predicted octanol–water partition coefficient (Wildman–Crippen LogP) is 4.93. The van der Waals surface area contributed by atoms with Crippen LogP contribution in [-0.2, 0) is 0 Å². The highest BCUT2D eigenvalue weighted by Crippen LogP contribution is 2.28. The van der Waals surface area contributed by atoms with Crippen molar-refractivity contribution in [2.45, 2.75) is 0 Å². The summed E-state index contributed by atoms with van der Waals surface area (Å²) >= 11 is 9.28. The molecule has 1 N–H and O–H groups in total. The Morgan fingerprint density at radius 1 is 1.13 bits per heavy atom. The monoisotopic (exact) mass is 395 g/mol. The van der Waals surface area contributed by atoms with Crippen molar-refractivity contribution in [3.05, 3.63) is 63.7 Å². The van der Waals surface area contributed by atoms with Crippen LogP contribution in [0.2, 0.25) is 5.02 Å². The molecule has 0 fully saturated rings. The van der Waals surface area contributed by atoms with Crippen molar-refractivity contribution < 1.29 is 14.3 Å². The first-order valence-corrected chi connectivity index (χ1v) is 7.86. The lowest BCUT2D eigenvalue weighted by Gasteiger charge is -2.08. The van der Waals surface area contributed by atoms with Gasteiger partial charge < -0.3 is 14.8 Å². The number of anilines is 1. The molecule has 0 aromatic heterocycles. The number of methoxy groups -OCH3 is 2. The zero-order valence-electron chi connectivity index (χ0n) is 12.6. The van der Waals surface area contributed by atoms with Gasteiger partial charge in [0.2, 0.25) is 0 Å². The molecule has 0 heterocycles. The van der Waals surface area contributed by atoms with Crippen LogP contribution in [0.15, 0.2) is 53.1 Å². The molecule has 0 radical (unpaired) electrons. The van der Waals surface area contributed by atoms with Crippen molar-refractivity contribution in [1.29, 1.82) is 0 Å². The lowest BCUT2D eigenvalue weighted by Crippen LogP contribution is -1.99. The highest BCUT2D eigenvalue weighted by atomic mass is 79.9. The number of ether oxygens (including phenoxy) is 2. The van der Waals surface area contributed by atoms with Crippen LogP contribution in [0.5, 0.6) is 11.5 Å². The Bertz CT molecular complexity index is 747. The molecule has 23 heavy (non-hydrogen) atoms. The van der Waals surface area contributed by atoms with E-state index >= 15 is 0 Å². The molecule has 0 saturated carbocycles. The molecule has 0 spiro atoms. The minimum atomic E-state index is -0.150. The number of benzene rings is 2. The first-order chi connectivity index (χ1) is 11.0. The average Bonchev–Trinajstić information content (AvgIpc) is 2.56. The fourth-order valence-electron chi connectivity index (χ4n) is 1.90. The molecule has 0 unspecified atom stereocenters. The summed E-state index contributed by atoms with van der Waals surface area (Å²) in [4.78, 5) is 12.2. The zero-order valence-corrected chi connectivity index (χ0v) is 14.9. The van der Waals surface area contributed by atoms with Crippen LogP contribution >= 0.6 is 27.5 Å². The maximum atomic E-state index is 12.2. The SMILES string of the molecule is COc1ccc(C(=O)/C=C/Nc2ccc(Cl)cc2Br)cc1OC. The van der Waals surface area contributed by atoms with Gasteiger partial charge >= 0.3 is 0 Å². The third kappa shape index (κ3) is 4.50. The Morgan fingerprint density at radius 2 is 1.87 bits per heavy atom. The molecule has 120 valence electrons. The molecule has 2 rings (SSSR count). The molecule has 0 aliphatic heterocycles. The predicted molar refractivity (Wildman–Crippen MR) is 95.8 cm³/mol. The Balaban J connectivity index is 2.09. The molecule has 0 bridgehead atoms. The molecule has 0 aliphatic rings. The van der Waals surface area contributed by atoms with E-state index in [-0.39, 0.29) is 5.78 Å². The maximum absolute atomic E-state index is 12.2. The van der Waals surface area contributed by atoms with Gasteiger partial charge in [0.15, 0.2) is 17.3 Å². The standard InChI is InChI=1S/C17H15BrClNO3/c1-22-16-6-3-11(9-17(16)23-2)15(21)7-8-20-14-5-4-12(19)10-13(14)18/h3-10,20H,1-2H3/b8-7+. The van der Waals surface area contributed by atoms with E-state index in [1.807, 2.05) is 6.07 Å². The molecule has 6 heteroatoms. The number of carbonyl (C=O) groups excluding carboxylic acids is 1. The first kappa shape index (κ1) is 17.4. The summed E-state index contributed by atoms with van der Waals surface area (Å²) in [6, 6.07) is 10.4. The van der Waals surface area contributed by atoms with Crippen molar-refractivity contribution in [1.82, 2.24) is 0 Å². The minimum absolute atomic E-state index is 0.150. The molecular weight excluding hydrogens is 382 g/mol. The van der Waals surface area contributed by atoms with Crippen LogP contribution in [0.1, 0.15) is 10.4 Å². The molecule has 4 nitrogen and oxygen atoms in total. The Labute approximate surface area is 148 Å². The van der Waals surface area contributed by atoms with E-state index in [9.17, 15) is 4.79 Å². The lowest BCUT2D eigenvalue weighted by atomic mass is 10.1. The third-order valence-electron chi connectivity index (χ3n) is 3.07. The van der Waals surface area contributed by atoms with Gasteiger partial charge in [-0.05, 0) is 52.3 Å². The largest absolute Gasteiger partial charge is 0.493 e. The van der Waals surface area contributed by atoms with Crippen molar-refractivity contribution in [2.24, 2.45) is 0 Å². The number of nitrogens with one attached hydrogen (secondary N) is 1. The van der Waals surface area contributed by atoms with E-state index in [0.717, 1.165) is 10.2 Å². The molecule has 0 amide bonds. The van der Waals surface area contributed by atoms with Gasteiger partial charge in [0.25, 0.3) is 0 Å². The zero-order chi connectivity index (χ0) is 16.8. The van der Waals surface area contributed by atoms with E-state index in [1.165, 1.54) is 13.2 Å². The van der Waals surface area contributed by atoms with Crippen molar-refractivity contribution >= 4 is 39.0 Å². The van der Waals surface area contributed by atoms with Gasteiger partial charge in [-0.25, -0.2) is 0 Å². The molecule has 2 aromatic carbocycles. The number of ketones is 1. The summed E-state index contributed by atoms with van der Waals surface area (Å²) in [6.45, 7) is 0. The number of hydrogen-bond acceptors (Lipinski definition) is 4. The highest BCUT2D eigenvalue weighted by molar-refractivity contribution is 9.10. The van der Waals surface area contributed by atoms with Crippen LogP contribution in [0.3, 0.4) is 0 Å². The van der Waals surface area contributed by atoms with Crippen molar-refractivity contribution in [2.75, 3.05) is 19.5 Å². The summed E-state index contributed by atoms with van der Waals surface area (Å²) in [5.41, 5.74) is 1.32. The molecule has 0 atom stereocenters. The second-order valence-electron chi connectivity index (χ2n) is 4.54. The van der Waals surface area contributed by atoms with Crippen LogP contribution in [0.25, 0.3) is 0 Å². The number of allylic oxidation sites excluding steroid dienone is 1. The number of carbonyl (C=O) groups is 1. The van der Waals surface area contributed by atoms with Gasteiger partial charge in [0, 0.05) is 27.3 Å². The van der Waals surface area contributed by atoms with E-state index in [2.05, 4.69) is 21.2 Å². The van der Waals surface area contributed by atoms with E-state index in [1.54, 1.807) is 43.6 Å². The van der Waals surface area contributed by atoms with E-state index in [4.69, 9.17) is 21.1 Å². The normalized spacial score (nSPS) is 10.6. The van der Waals surface area contributed by atoms with Gasteiger partial charge in [0.05, 0.1) is 19.9 Å². The molecular formula is C17H15BrClNO3. The first-order valence-electron chi connectivity index (χ1n) is 6.69. The van der Waals surface area contributed by atoms with E-state index < -0.39 is 0 Å². The van der Waals surface area contributed by atoms with Gasteiger partial charge in [-0.1, -0.05) is 11.6 Å². The highest BCUT2D eigenvalue weighted by Gasteiger charge is 2.08. The smallest absolute Gasteiger partial charge is 0.187 e. The van der Waals surface area contributed by atoms with Gasteiger partial charge in [-0.3, -0.25) is 4.79 Å². The second kappa shape index (κ2) is 8.04. The van der Waals surface area contributed by atoms with Gasteiger partial charge in [-0.2, -0.15) is 0 Å². The number of rotatable bonds is 6. The number of hydrogen-bond donors (Lipinski definition) is 1. The van der Waals surface area contributed by atoms with Gasteiger partial charge in [-0.15, -0.1) is 0 Å². The maximum Gasteiger partial charge on any atom is 0.187 e. The molecule has 0 aliphatic carbocycles. The topological polar surface area (TPSA) is 47.6 Å². The summed E-state index contributed by atoms with van der Waals surface area (Å²) in [5, 5.41) is 3.66. The van der Waals surface area contributed by atoms with Crippen LogP contribution < -0.4 is 14.8 Å². The second-order valence-corrected chi connectivity index (χ2v) is 5.83. The van der Waals surface area contributed by atoms with Crippen LogP contribution in [0, 0.1) is 0 Å². The van der Waals surface area contributed by atoms with Gasteiger partial charge in [0.1, 0.15) is 0 Å². The van der Waals surface area contributed by atoms with Crippen molar-refractivity contribution in [3.63, 3.8) is 0 Å². The van der Waals surface area contributed by atoms with Crippen LogP contribution in [-0.4, -0.2) is 20.0 Å². The van der Waals surface area contributed by atoms with Crippen molar-refractivity contribution in [3.8, 4) is 11.5 Å².